The lowest BCUT2D eigenvalue weighted by Gasteiger charge is -2.32. The summed E-state index contributed by atoms with van der Waals surface area (Å²) < 4.78 is 10.4. The van der Waals surface area contributed by atoms with Gasteiger partial charge in [-0.2, -0.15) is 0 Å². The molecule has 3 rings (SSSR count). The van der Waals surface area contributed by atoms with E-state index in [9.17, 15) is 9.59 Å². The summed E-state index contributed by atoms with van der Waals surface area (Å²) >= 11 is 0. The van der Waals surface area contributed by atoms with Gasteiger partial charge in [-0.3, -0.25) is 9.59 Å². The van der Waals surface area contributed by atoms with E-state index in [2.05, 4.69) is 0 Å². The lowest BCUT2D eigenvalue weighted by atomic mass is 9.90. The molecule has 1 amide bonds. The number of piperidine rings is 1. The minimum Gasteiger partial charge on any atom is -0.491 e. The van der Waals surface area contributed by atoms with E-state index < -0.39 is 5.97 Å². The highest BCUT2D eigenvalue weighted by molar-refractivity contribution is 5.94. The molecule has 0 aromatic heterocycles. The zero-order valence-corrected chi connectivity index (χ0v) is 13.9. The fourth-order valence-corrected chi connectivity index (χ4v) is 3.52. The Morgan fingerprint density at radius 1 is 1.21 bits per heavy atom. The molecule has 6 heteroatoms. The molecule has 0 bridgehead atoms. The Morgan fingerprint density at radius 3 is 2.42 bits per heavy atom. The number of carbonyl (C=O) groups excluding carboxylic acids is 1. The normalized spacial score (nSPS) is 21.5. The smallest absolute Gasteiger partial charge is 0.307 e. The number of methoxy groups -OCH3 is 1. The maximum absolute atomic E-state index is 12.6. The number of carboxylic acids is 1. The summed E-state index contributed by atoms with van der Waals surface area (Å²) in [4.78, 5) is 25.5. The number of nitrogens with zero attached hydrogens (tertiary/aromatic N) is 1. The molecule has 1 heterocycles. The van der Waals surface area contributed by atoms with Crippen molar-refractivity contribution in [2.24, 2.45) is 11.3 Å². The van der Waals surface area contributed by atoms with Crippen molar-refractivity contribution in [1.29, 1.82) is 0 Å². The van der Waals surface area contributed by atoms with Gasteiger partial charge in [0.05, 0.1) is 12.5 Å². The zero-order chi connectivity index (χ0) is 17.2. The second kappa shape index (κ2) is 6.81. The van der Waals surface area contributed by atoms with Crippen LogP contribution in [0.4, 0.5) is 0 Å². The van der Waals surface area contributed by atoms with Crippen LogP contribution >= 0.6 is 0 Å². The van der Waals surface area contributed by atoms with Gasteiger partial charge in [0.1, 0.15) is 12.4 Å². The monoisotopic (exact) mass is 333 g/mol. The summed E-state index contributed by atoms with van der Waals surface area (Å²) in [6.45, 7) is 2.26. The average Bonchev–Trinajstić information content (AvgIpc) is 3.30. The van der Waals surface area contributed by atoms with E-state index in [0.717, 1.165) is 19.3 Å². The Morgan fingerprint density at radius 2 is 1.88 bits per heavy atom. The molecule has 1 aliphatic heterocycles. The molecule has 6 nitrogen and oxygen atoms in total. The van der Waals surface area contributed by atoms with Crippen LogP contribution in [0, 0.1) is 11.3 Å². The second-order valence-electron chi connectivity index (χ2n) is 6.62. The number of hydrogen-bond acceptors (Lipinski definition) is 4. The molecule has 24 heavy (non-hydrogen) atoms. The Balaban J connectivity index is 1.53. The number of aliphatic carboxylic acids is 1. The summed E-state index contributed by atoms with van der Waals surface area (Å²) in [5.74, 6) is -0.193. The second-order valence-corrected chi connectivity index (χ2v) is 6.62. The van der Waals surface area contributed by atoms with Gasteiger partial charge in [0.15, 0.2) is 0 Å². The third-order valence-corrected chi connectivity index (χ3v) is 5.19. The van der Waals surface area contributed by atoms with E-state index in [4.69, 9.17) is 14.6 Å². The van der Waals surface area contributed by atoms with Crippen molar-refractivity contribution in [2.45, 2.75) is 19.3 Å². The standard InChI is InChI=1S/C18H23NO5/c1-23-10-11-24-14-4-2-13(3-5-14)16(20)19-8-6-18(7-9-19)12-15(18)17(21)22/h2-5,15H,6-12H2,1H3,(H,21,22). The van der Waals surface area contributed by atoms with E-state index in [1.807, 2.05) is 4.90 Å². The first kappa shape index (κ1) is 16.8. The third-order valence-electron chi connectivity index (χ3n) is 5.19. The van der Waals surface area contributed by atoms with Crippen LogP contribution in [-0.2, 0) is 9.53 Å². The molecular formula is C18H23NO5. The first-order valence-corrected chi connectivity index (χ1v) is 8.30. The highest BCUT2D eigenvalue weighted by atomic mass is 16.5. The van der Waals surface area contributed by atoms with E-state index in [-0.39, 0.29) is 17.2 Å². The molecule has 1 spiro atoms. The maximum Gasteiger partial charge on any atom is 0.307 e. The molecule has 1 N–H and O–H groups in total. The predicted octanol–water partition coefficient (Wildman–Crippen LogP) is 2.04. The lowest BCUT2D eigenvalue weighted by Crippen LogP contribution is -2.40. The third kappa shape index (κ3) is 3.38. The molecule has 2 fully saturated rings. The first-order chi connectivity index (χ1) is 11.6. The van der Waals surface area contributed by atoms with Gasteiger partial charge in [-0.25, -0.2) is 0 Å². The Hall–Kier alpha value is -2.08. The Kier molecular flexibility index (Phi) is 4.76. The Bertz CT molecular complexity index is 604. The van der Waals surface area contributed by atoms with Crippen molar-refractivity contribution in [3.05, 3.63) is 29.8 Å². The highest BCUT2D eigenvalue weighted by Gasteiger charge is 2.59. The largest absolute Gasteiger partial charge is 0.491 e. The topological polar surface area (TPSA) is 76.1 Å². The minimum atomic E-state index is -0.696. The number of hydrogen-bond donors (Lipinski definition) is 1. The van der Waals surface area contributed by atoms with E-state index >= 15 is 0 Å². The zero-order valence-electron chi connectivity index (χ0n) is 13.9. The first-order valence-electron chi connectivity index (χ1n) is 8.30. The van der Waals surface area contributed by atoms with Crippen LogP contribution in [-0.4, -0.2) is 55.3 Å². The highest BCUT2D eigenvalue weighted by Crippen LogP contribution is 2.59. The van der Waals surface area contributed by atoms with Gasteiger partial charge in [0.2, 0.25) is 0 Å². The molecule has 1 atom stereocenters. The van der Waals surface area contributed by atoms with E-state index in [0.29, 0.717) is 37.6 Å². The molecule has 2 aliphatic rings. The van der Waals surface area contributed by atoms with Crippen LogP contribution < -0.4 is 4.74 Å². The van der Waals surface area contributed by atoms with Gasteiger partial charge < -0.3 is 19.5 Å². The SMILES string of the molecule is COCCOc1ccc(C(=O)N2CCC3(CC2)CC3C(=O)O)cc1. The molecule has 1 saturated heterocycles. The minimum absolute atomic E-state index is 0.000756. The number of amides is 1. The summed E-state index contributed by atoms with van der Waals surface area (Å²) in [6, 6.07) is 7.11. The van der Waals surface area contributed by atoms with E-state index in [1.165, 1.54) is 0 Å². The van der Waals surface area contributed by atoms with Gasteiger partial charge in [0.25, 0.3) is 5.91 Å². The van der Waals surface area contributed by atoms with Gasteiger partial charge >= 0.3 is 5.97 Å². The van der Waals surface area contributed by atoms with Crippen LogP contribution in [0.3, 0.4) is 0 Å². The quantitative estimate of drug-likeness (QED) is 0.806. The predicted molar refractivity (Wildman–Crippen MR) is 87.1 cm³/mol. The summed E-state index contributed by atoms with van der Waals surface area (Å²) in [5, 5.41) is 9.13. The number of benzene rings is 1. The van der Waals surface area contributed by atoms with Crippen LogP contribution in [0.1, 0.15) is 29.6 Å². The summed E-state index contributed by atoms with van der Waals surface area (Å²) in [7, 11) is 1.62. The molecule has 130 valence electrons. The summed E-state index contributed by atoms with van der Waals surface area (Å²) in [5.41, 5.74) is 0.581. The number of carboxylic acid groups (broad SMARTS) is 1. The fraction of sp³-hybridized carbons (Fsp3) is 0.556. The maximum atomic E-state index is 12.6. The number of ether oxygens (including phenoxy) is 2. The molecular weight excluding hydrogens is 310 g/mol. The van der Waals surface area contributed by atoms with Gasteiger partial charge in [-0.15, -0.1) is 0 Å². The number of rotatable bonds is 6. The average molecular weight is 333 g/mol. The Labute approximate surface area is 141 Å². The number of carbonyl (C=O) groups is 2. The van der Waals surface area contributed by atoms with Gasteiger partial charge in [0, 0.05) is 25.8 Å². The van der Waals surface area contributed by atoms with Crippen LogP contribution in [0.2, 0.25) is 0 Å². The fourth-order valence-electron chi connectivity index (χ4n) is 3.52. The molecule has 1 aliphatic carbocycles. The molecule has 1 aromatic rings. The van der Waals surface area contributed by atoms with Crippen molar-refractivity contribution in [3.63, 3.8) is 0 Å². The van der Waals surface area contributed by atoms with Crippen molar-refractivity contribution < 1.29 is 24.2 Å². The van der Waals surface area contributed by atoms with Crippen molar-refractivity contribution in [2.75, 3.05) is 33.4 Å². The molecule has 1 saturated carbocycles. The van der Waals surface area contributed by atoms with Crippen molar-refractivity contribution in [3.8, 4) is 5.75 Å². The van der Waals surface area contributed by atoms with Crippen LogP contribution in [0.15, 0.2) is 24.3 Å². The van der Waals surface area contributed by atoms with Crippen molar-refractivity contribution >= 4 is 11.9 Å². The van der Waals surface area contributed by atoms with Crippen molar-refractivity contribution in [1.82, 2.24) is 4.90 Å². The summed E-state index contributed by atoms with van der Waals surface area (Å²) in [6.07, 6.45) is 2.33. The van der Waals surface area contributed by atoms with Gasteiger partial charge in [-0.05, 0) is 48.9 Å². The molecule has 1 aromatic carbocycles. The van der Waals surface area contributed by atoms with Crippen LogP contribution in [0.25, 0.3) is 0 Å². The van der Waals surface area contributed by atoms with Gasteiger partial charge in [-0.1, -0.05) is 0 Å². The number of likely N-dealkylation sites (tertiary alicyclic amines) is 1. The molecule has 0 radical (unpaired) electrons. The molecule has 1 unspecified atom stereocenters. The van der Waals surface area contributed by atoms with E-state index in [1.54, 1.807) is 31.4 Å². The van der Waals surface area contributed by atoms with Crippen LogP contribution in [0.5, 0.6) is 5.75 Å². The lowest BCUT2D eigenvalue weighted by molar-refractivity contribution is -0.139.